The zero-order chi connectivity index (χ0) is 13.4. The van der Waals surface area contributed by atoms with Crippen molar-refractivity contribution in [3.63, 3.8) is 0 Å². The Morgan fingerprint density at radius 2 is 2.11 bits per heavy atom. The zero-order valence-electron chi connectivity index (χ0n) is 9.66. The molecule has 0 fully saturated rings. The van der Waals surface area contributed by atoms with Gasteiger partial charge in [0.2, 0.25) is 0 Å². The lowest BCUT2D eigenvalue weighted by Crippen LogP contribution is -2.22. The maximum atomic E-state index is 11.2. The molecule has 18 heavy (non-hydrogen) atoms. The number of methoxy groups -OCH3 is 1. The molecule has 7 heteroatoms. The maximum absolute atomic E-state index is 11.2. The first-order valence-electron chi connectivity index (χ1n) is 4.96. The molecule has 0 aliphatic rings. The van der Waals surface area contributed by atoms with Crippen LogP contribution in [-0.4, -0.2) is 24.7 Å². The van der Waals surface area contributed by atoms with Crippen LogP contribution in [-0.2, 0) is 14.4 Å². The minimum atomic E-state index is -0.487. The van der Waals surface area contributed by atoms with E-state index in [0.717, 1.165) is 0 Å². The van der Waals surface area contributed by atoms with Crippen molar-refractivity contribution in [3.8, 4) is 0 Å². The van der Waals surface area contributed by atoms with Crippen LogP contribution in [0, 0.1) is 10.1 Å². The zero-order valence-corrected chi connectivity index (χ0v) is 9.66. The highest BCUT2D eigenvalue weighted by Gasteiger charge is 2.02. The van der Waals surface area contributed by atoms with E-state index < -0.39 is 10.8 Å². The van der Waals surface area contributed by atoms with Gasteiger partial charge < -0.3 is 4.74 Å². The molecule has 96 valence electrons. The Morgan fingerprint density at radius 3 is 2.67 bits per heavy atom. The highest BCUT2D eigenvalue weighted by molar-refractivity contribution is 5.90. The van der Waals surface area contributed by atoms with Gasteiger partial charge in [-0.1, -0.05) is 0 Å². The number of benzene rings is 1. The van der Waals surface area contributed by atoms with Crippen LogP contribution in [0.1, 0.15) is 5.56 Å². The van der Waals surface area contributed by atoms with E-state index in [0.29, 0.717) is 5.56 Å². The van der Waals surface area contributed by atoms with E-state index >= 15 is 0 Å². The normalized spacial score (nSPS) is 10.5. The number of nitro groups is 1. The van der Waals surface area contributed by atoms with Crippen molar-refractivity contribution in [1.82, 2.24) is 5.48 Å². The molecule has 1 amide bonds. The van der Waals surface area contributed by atoms with E-state index in [-0.39, 0.29) is 12.5 Å². The smallest absolute Gasteiger partial charge is 0.269 e. The first-order chi connectivity index (χ1) is 8.63. The van der Waals surface area contributed by atoms with Crippen molar-refractivity contribution < 1.29 is 19.3 Å². The van der Waals surface area contributed by atoms with Gasteiger partial charge in [0.15, 0.2) is 6.79 Å². The third-order valence-corrected chi connectivity index (χ3v) is 1.88. The van der Waals surface area contributed by atoms with E-state index in [1.165, 1.54) is 43.5 Å². The van der Waals surface area contributed by atoms with Crippen LogP contribution in [0.5, 0.6) is 0 Å². The van der Waals surface area contributed by atoms with E-state index in [9.17, 15) is 14.9 Å². The predicted octanol–water partition coefficient (Wildman–Crippen LogP) is 1.26. The minimum absolute atomic E-state index is 0.0000272. The van der Waals surface area contributed by atoms with Crippen LogP contribution in [0.3, 0.4) is 0 Å². The monoisotopic (exact) mass is 252 g/mol. The minimum Gasteiger partial charge on any atom is -0.356 e. The first kappa shape index (κ1) is 13.8. The summed E-state index contributed by atoms with van der Waals surface area (Å²) in [6.07, 6.45) is 2.76. The fourth-order valence-corrected chi connectivity index (χ4v) is 1.07. The summed E-state index contributed by atoms with van der Waals surface area (Å²) in [7, 11) is 1.43. The Hall–Kier alpha value is -2.25. The fourth-order valence-electron chi connectivity index (χ4n) is 1.07. The summed E-state index contributed by atoms with van der Waals surface area (Å²) in [5, 5.41) is 10.4. The second-order valence-electron chi connectivity index (χ2n) is 3.20. The number of ether oxygens (including phenoxy) is 1. The molecule has 0 atom stereocenters. The topological polar surface area (TPSA) is 90.7 Å². The molecule has 1 aromatic rings. The number of rotatable bonds is 6. The average Bonchev–Trinajstić information content (AvgIpc) is 2.37. The van der Waals surface area contributed by atoms with E-state index in [4.69, 9.17) is 0 Å². The standard InChI is InChI=1S/C11H12N2O5/c1-17-8-18-12-11(14)7-4-9-2-5-10(6-3-9)13(15)16/h2-7H,8H2,1H3,(H,12,14)/b7-4+. The Morgan fingerprint density at radius 1 is 1.44 bits per heavy atom. The molecule has 7 nitrogen and oxygen atoms in total. The number of carbonyl (C=O) groups is 1. The molecule has 0 aliphatic heterocycles. The summed E-state index contributed by atoms with van der Waals surface area (Å²) in [6.45, 7) is -0.0445. The predicted molar refractivity (Wildman–Crippen MR) is 63.2 cm³/mol. The summed E-state index contributed by atoms with van der Waals surface area (Å²) < 4.78 is 4.57. The molecule has 0 aliphatic carbocycles. The van der Waals surface area contributed by atoms with Crippen LogP contribution in [0.2, 0.25) is 0 Å². The summed E-state index contributed by atoms with van der Waals surface area (Å²) in [6, 6.07) is 5.80. The number of hydroxylamine groups is 1. The third-order valence-electron chi connectivity index (χ3n) is 1.88. The quantitative estimate of drug-likeness (QED) is 0.270. The molecule has 0 saturated carbocycles. The molecule has 0 bridgehead atoms. The average molecular weight is 252 g/mol. The van der Waals surface area contributed by atoms with Crippen molar-refractivity contribution in [2.75, 3.05) is 13.9 Å². The maximum Gasteiger partial charge on any atom is 0.269 e. The first-order valence-corrected chi connectivity index (χ1v) is 4.96. The lowest BCUT2D eigenvalue weighted by molar-refractivity contribution is -0.384. The summed E-state index contributed by atoms with van der Waals surface area (Å²) in [5.74, 6) is -0.453. The van der Waals surface area contributed by atoms with Crippen LogP contribution >= 0.6 is 0 Å². The van der Waals surface area contributed by atoms with Crippen LogP contribution in [0.25, 0.3) is 6.08 Å². The van der Waals surface area contributed by atoms with Gasteiger partial charge >= 0.3 is 0 Å². The number of hydrogen-bond acceptors (Lipinski definition) is 5. The summed E-state index contributed by atoms with van der Waals surface area (Å²) >= 11 is 0. The number of nitro benzene ring substituents is 1. The number of hydrogen-bond donors (Lipinski definition) is 1. The number of nitrogens with zero attached hydrogens (tertiary/aromatic N) is 1. The fraction of sp³-hybridized carbons (Fsp3) is 0.182. The molecule has 0 radical (unpaired) electrons. The largest absolute Gasteiger partial charge is 0.356 e. The second-order valence-corrected chi connectivity index (χ2v) is 3.20. The number of nitrogens with one attached hydrogen (secondary N) is 1. The van der Waals surface area contributed by atoms with Gasteiger partial charge in [-0.25, -0.2) is 10.3 Å². The van der Waals surface area contributed by atoms with Gasteiger partial charge in [0.25, 0.3) is 11.6 Å². The van der Waals surface area contributed by atoms with Gasteiger partial charge in [0.05, 0.1) is 4.92 Å². The van der Waals surface area contributed by atoms with Crippen molar-refractivity contribution >= 4 is 17.7 Å². The lowest BCUT2D eigenvalue weighted by atomic mass is 10.2. The summed E-state index contributed by atoms with van der Waals surface area (Å²) in [5.41, 5.74) is 2.79. The molecule has 1 N–H and O–H groups in total. The Balaban J connectivity index is 2.51. The Bertz CT molecular complexity index is 441. The molecule has 0 aromatic heterocycles. The lowest BCUT2D eigenvalue weighted by Gasteiger charge is -2.00. The highest BCUT2D eigenvalue weighted by atomic mass is 16.8. The molecule has 0 spiro atoms. The molecule has 0 unspecified atom stereocenters. The van der Waals surface area contributed by atoms with Crippen LogP contribution in [0.4, 0.5) is 5.69 Å². The Labute approximate surface area is 103 Å². The van der Waals surface area contributed by atoms with E-state index in [1.54, 1.807) is 0 Å². The number of amides is 1. The van der Waals surface area contributed by atoms with Crippen LogP contribution in [0.15, 0.2) is 30.3 Å². The van der Waals surface area contributed by atoms with Crippen molar-refractivity contribution in [3.05, 3.63) is 46.0 Å². The third kappa shape index (κ3) is 4.73. The molecular weight excluding hydrogens is 240 g/mol. The molecule has 1 rings (SSSR count). The van der Waals surface area contributed by atoms with E-state index in [2.05, 4.69) is 15.1 Å². The van der Waals surface area contributed by atoms with Gasteiger partial charge in [-0.3, -0.25) is 14.9 Å². The van der Waals surface area contributed by atoms with Gasteiger partial charge in [0.1, 0.15) is 0 Å². The van der Waals surface area contributed by atoms with Crippen molar-refractivity contribution in [2.45, 2.75) is 0 Å². The highest BCUT2D eigenvalue weighted by Crippen LogP contribution is 2.12. The number of non-ortho nitro benzene ring substituents is 1. The van der Waals surface area contributed by atoms with Crippen LogP contribution < -0.4 is 5.48 Å². The SMILES string of the molecule is COCONC(=O)/C=C/c1ccc([N+](=O)[O-])cc1. The molecular formula is C11H12N2O5. The molecule has 0 heterocycles. The van der Waals surface area contributed by atoms with Gasteiger partial charge in [0, 0.05) is 25.3 Å². The molecule has 1 aromatic carbocycles. The van der Waals surface area contributed by atoms with Gasteiger partial charge in [-0.15, -0.1) is 0 Å². The van der Waals surface area contributed by atoms with Crippen molar-refractivity contribution in [2.24, 2.45) is 0 Å². The van der Waals surface area contributed by atoms with Crippen molar-refractivity contribution in [1.29, 1.82) is 0 Å². The van der Waals surface area contributed by atoms with Gasteiger partial charge in [-0.05, 0) is 23.8 Å². The number of carbonyl (C=O) groups excluding carboxylic acids is 1. The van der Waals surface area contributed by atoms with Gasteiger partial charge in [-0.2, -0.15) is 0 Å². The summed E-state index contributed by atoms with van der Waals surface area (Å²) in [4.78, 5) is 25.7. The van der Waals surface area contributed by atoms with E-state index in [1.807, 2.05) is 0 Å². The Kier molecular flexibility index (Phi) is 5.49. The second kappa shape index (κ2) is 7.15. The molecule has 0 saturated heterocycles.